The molecule has 1 saturated heterocycles. The second-order valence-electron chi connectivity index (χ2n) is 5.96. The number of nitrogens with zero attached hydrogens (tertiary/aromatic N) is 2. The first-order valence-electron chi connectivity index (χ1n) is 8.21. The normalized spacial score (nSPS) is 14.5. The summed E-state index contributed by atoms with van der Waals surface area (Å²) in [4.78, 5) is 27.9. The third kappa shape index (κ3) is 3.83. The molecule has 2 amide bonds. The van der Waals surface area contributed by atoms with Crippen molar-refractivity contribution in [2.24, 2.45) is 0 Å². The smallest absolute Gasteiger partial charge is 0.316 e. The standard InChI is InChI=1S/C19H18ClFN2O4/c1-26-16-6-5-14(10-17(16)27-2)23-8-7-22(18(24)19(23)25)11-12-3-4-13(21)9-15(12)20/h3-6,9-10H,7-8,11H2,1-2H3. The van der Waals surface area contributed by atoms with Crippen LogP contribution in [0.1, 0.15) is 5.56 Å². The van der Waals surface area contributed by atoms with Crippen molar-refractivity contribution >= 4 is 29.1 Å². The number of carbonyl (C=O) groups excluding carboxylic acids is 2. The Kier molecular flexibility index (Phi) is 5.51. The van der Waals surface area contributed by atoms with E-state index >= 15 is 0 Å². The summed E-state index contributed by atoms with van der Waals surface area (Å²) in [6, 6.07) is 8.98. The van der Waals surface area contributed by atoms with Crippen molar-refractivity contribution in [3.8, 4) is 11.5 Å². The quantitative estimate of drug-likeness (QED) is 0.734. The molecule has 8 heteroatoms. The third-order valence-electron chi connectivity index (χ3n) is 4.36. The van der Waals surface area contributed by atoms with Crippen molar-refractivity contribution < 1.29 is 23.5 Å². The summed E-state index contributed by atoms with van der Waals surface area (Å²) in [6.45, 7) is 0.787. The Hall–Kier alpha value is -2.80. The molecule has 27 heavy (non-hydrogen) atoms. The van der Waals surface area contributed by atoms with Gasteiger partial charge in [-0.1, -0.05) is 17.7 Å². The molecule has 0 bridgehead atoms. The van der Waals surface area contributed by atoms with Gasteiger partial charge in [-0.3, -0.25) is 9.59 Å². The molecule has 2 aromatic rings. The molecule has 0 spiro atoms. The maximum absolute atomic E-state index is 13.2. The van der Waals surface area contributed by atoms with Crippen LogP contribution in [0.25, 0.3) is 0 Å². The molecule has 0 N–H and O–H groups in total. The summed E-state index contributed by atoms with van der Waals surface area (Å²) in [5, 5.41) is 0.220. The van der Waals surface area contributed by atoms with Crippen molar-refractivity contribution in [1.82, 2.24) is 4.90 Å². The van der Waals surface area contributed by atoms with Crippen LogP contribution in [0.5, 0.6) is 11.5 Å². The lowest BCUT2D eigenvalue weighted by Crippen LogP contribution is -2.54. The Labute approximate surface area is 161 Å². The number of amides is 2. The molecule has 3 rings (SSSR count). The minimum Gasteiger partial charge on any atom is -0.493 e. The highest BCUT2D eigenvalue weighted by Crippen LogP contribution is 2.32. The first-order chi connectivity index (χ1) is 12.9. The van der Waals surface area contributed by atoms with Crippen LogP contribution in [0.15, 0.2) is 36.4 Å². The fourth-order valence-corrected chi connectivity index (χ4v) is 3.15. The van der Waals surface area contributed by atoms with Crippen LogP contribution in [0, 0.1) is 5.82 Å². The average Bonchev–Trinajstić information content (AvgIpc) is 2.67. The molecule has 6 nitrogen and oxygen atoms in total. The Balaban J connectivity index is 1.77. The van der Waals surface area contributed by atoms with Gasteiger partial charge in [0.05, 0.1) is 14.2 Å². The van der Waals surface area contributed by atoms with Gasteiger partial charge in [-0.2, -0.15) is 0 Å². The highest BCUT2D eigenvalue weighted by atomic mass is 35.5. The van der Waals surface area contributed by atoms with E-state index in [9.17, 15) is 14.0 Å². The van der Waals surface area contributed by atoms with Gasteiger partial charge in [0, 0.05) is 36.4 Å². The third-order valence-corrected chi connectivity index (χ3v) is 4.72. The Bertz CT molecular complexity index is 890. The largest absolute Gasteiger partial charge is 0.493 e. The lowest BCUT2D eigenvalue weighted by molar-refractivity contribution is -0.146. The molecule has 0 saturated carbocycles. The van der Waals surface area contributed by atoms with E-state index in [1.807, 2.05) is 0 Å². The molecule has 0 unspecified atom stereocenters. The molecular weight excluding hydrogens is 375 g/mol. The second-order valence-corrected chi connectivity index (χ2v) is 6.37. The number of halogens is 2. The number of carbonyl (C=O) groups is 2. The van der Waals surface area contributed by atoms with Gasteiger partial charge in [-0.05, 0) is 29.8 Å². The number of piperazine rings is 1. The maximum Gasteiger partial charge on any atom is 0.316 e. The van der Waals surface area contributed by atoms with Gasteiger partial charge in [0.25, 0.3) is 0 Å². The van der Waals surface area contributed by atoms with Crippen molar-refractivity contribution in [3.63, 3.8) is 0 Å². The van der Waals surface area contributed by atoms with E-state index in [-0.39, 0.29) is 11.6 Å². The fourth-order valence-electron chi connectivity index (χ4n) is 2.92. The lowest BCUT2D eigenvalue weighted by Gasteiger charge is -2.34. The number of hydrogen-bond donors (Lipinski definition) is 0. The molecule has 1 aliphatic rings. The first-order valence-corrected chi connectivity index (χ1v) is 8.59. The van der Waals surface area contributed by atoms with Crippen molar-refractivity contribution in [2.45, 2.75) is 6.54 Å². The zero-order chi connectivity index (χ0) is 19.6. The summed E-state index contributed by atoms with van der Waals surface area (Å²) in [6.07, 6.45) is 0. The van der Waals surface area contributed by atoms with Crippen molar-refractivity contribution in [3.05, 3.63) is 52.8 Å². The van der Waals surface area contributed by atoms with Crippen molar-refractivity contribution in [1.29, 1.82) is 0 Å². The number of benzene rings is 2. The molecule has 0 radical (unpaired) electrons. The highest BCUT2D eigenvalue weighted by Gasteiger charge is 2.34. The van der Waals surface area contributed by atoms with Gasteiger partial charge in [-0.15, -0.1) is 0 Å². The summed E-state index contributed by atoms with van der Waals surface area (Å²) in [5.41, 5.74) is 1.13. The number of hydrogen-bond acceptors (Lipinski definition) is 4. The van der Waals surface area contributed by atoms with E-state index in [0.717, 1.165) is 0 Å². The molecular formula is C19H18ClFN2O4. The van der Waals surface area contributed by atoms with E-state index in [2.05, 4.69) is 0 Å². The topological polar surface area (TPSA) is 59.1 Å². The maximum atomic E-state index is 13.2. The van der Waals surface area contributed by atoms with Crippen LogP contribution in [0.2, 0.25) is 5.02 Å². The minimum absolute atomic E-state index is 0.142. The van der Waals surface area contributed by atoms with Crippen LogP contribution >= 0.6 is 11.6 Å². The molecule has 0 aromatic heterocycles. The SMILES string of the molecule is COc1ccc(N2CCN(Cc3ccc(F)cc3Cl)C(=O)C2=O)cc1OC. The fraction of sp³-hybridized carbons (Fsp3) is 0.263. The average molecular weight is 393 g/mol. The Morgan fingerprint density at radius 2 is 1.74 bits per heavy atom. The lowest BCUT2D eigenvalue weighted by atomic mass is 10.1. The molecule has 0 atom stereocenters. The molecule has 142 valence electrons. The molecule has 1 aliphatic heterocycles. The summed E-state index contributed by atoms with van der Waals surface area (Å²) in [7, 11) is 3.02. The van der Waals surface area contributed by atoms with Gasteiger partial charge in [0.2, 0.25) is 0 Å². The van der Waals surface area contributed by atoms with E-state index in [4.69, 9.17) is 21.1 Å². The van der Waals surface area contributed by atoms with Crippen LogP contribution in [0.3, 0.4) is 0 Å². The minimum atomic E-state index is -0.647. The van der Waals surface area contributed by atoms with Crippen molar-refractivity contribution in [2.75, 3.05) is 32.2 Å². The molecule has 1 fully saturated rings. The molecule has 0 aliphatic carbocycles. The zero-order valence-corrected chi connectivity index (χ0v) is 15.6. The predicted octanol–water partition coefficient (Wildman–Crippen LogP) is 2.87. The van der Waals surface area contributed by atoms with Gasteiger partial charge < -0.3 is 19.3 Å². The van der Waals surface area contributed by atoms with Gasteiger partial charge in [0.1, 0.15) is 5.82 Å². The Morgan fingerprint density at radius 1 is 1.00 bits per heavy atom. The van der Waals surface area contributed by atoms with Crippen LogP contribution in [-0.4, -0.2) is 44.0 Å². The second kappa shape index (κ2) is 7.84. The van der Waals surface area contributed by atoms with Crippen LogP contribution in [0.4, 0.5) is 10.1 Å². The van der Waals surface area contributed by atoms with E-state index in [1.165, 1.54) is 42.2 Å². The van der Waals surface area contributed by atoms with Gasteiger partial charge >= 0.3 is 11.8 Å². The number of ether oxygens (including phenoxy) is 2. The highest BCUT2D eigenvalue weighted by molar-refractivity contribution is 6.41. The van der Waals surface area contributed by atoms with E-state index < -0.39 is 17.6 Å². The molecule has 2 aromatic carbocycles. The first kappa shape index (κ1) is 19.0. The van der Waals surface area contributed by atoms with Gasteiger partial charge in [-0.25, -0.2) is 4.39 Å². The van der Waals surface area contributed by atoms with E-state index in [1.54, 1.807) is 18.2 Å². The number of methoxy groups -OCH3 is 2. The zero-order valence-electron chi connectivity index (χ0n) is 14.9. The Morgan fingerprint density at radius 3 is 2.41 bits per heavy atom. The molecule has 1 heterocycles. The monoisotopic (exact) mass is 392 g/mol. The summed E-state index contributed by atoms with van der Waals surface area (Å²) < 4.78 is 23.6. The number of anilines is 1. The van der Waals surface area contributed by atoms with Crippen LogP contribution in [-0.2, 0) is 16.1 Å². The van der Waals surface area contributed by atoms with E-state index in [0.29, 0.717) is 35.8 Å². The number of rotatable bonds is 5. The summed E-state index contributed by atoms with van der Waals surface area (Å²) >= 11 is 6.02. The van der Waals surface area contributed by atoms with Gasteiger partial charge in [0.15, 0.2) is 11.5 Å². The predicted molar refractivity (Wildman–Crippen MR) is 98.7 cm³/mol. The van der Waals surface area contributed by atoms with Crippen LogP contribution < -0.4 is 14.4 Å². The summed E-state index contributed by atoms with van der Waals surface area (Å²) in [5.74, 6) is -0.743.